The summed E-state index contributed by atoms with van der Waals surface area (Å²) in [6, 6.07) is 6.53. The van der Waals surface area contributed by atoms with Crippen LogP contribution in [0, 0.1) is 6.92 Å². The van der Waals surface area contributed by atoms with E-state index in [1.807, 2.05) is 0 Å². The van der Waals surface area contributed by atoms with E-state index >= 15 is 0 Å². The molecule has 100 valence electrons. The van der Waals surface area contributed by atoms with Gasteiger partial charge in [0.25, 0.3) is 0 Å². The predicted molar refractivity (Wildman–Crippen MR) is 82.4 cm³/mol. The lowest BCUT2D eigenvalue weighted by atomic mass is 9.90. The molecule has 18 heavy (non-hydrogen) atoms. The Kier molecular flexibility index (Phi) is 4.33. The number of piperazine rings is 1. The minimum Gasteiger partial charge on any atom is -0.367 e. The maximum Gasteiger partial charge on any atom is 0.0514 e. The quantitative estimate of drug-likeness (QED) is 0.915. The molecule has 1 heterocycles. The molecule has 0 bridgehead atoms. The summed E-state index contributed by atoms with van der Waals surface area (Å²) in [5.74, 6) is 0. The molecular formula is C15H23BrN2. The highest BCUT2D eigenvalue weighted by Gasteiger charge is 2.32. The van der Waals surface area contributed by atoms with Crippen molar-refractivity contribution in [3.63, 3.8) is 0 Å². The van der Waals surface area contributed by atoms with Gasteiger partial charge in [0.2, 0.25) is 0 Å². The van der Waals surface area contributed by atoms with Crippen LogP contribution in [-0.4, -0.2) is 25.2 Å². The van der Waals surface area contributed by atoms with E-state index in [1.165, 1.54) is 28.6 Å². The van der Waals surface area contributed by atoms with Gasteiger partial charge in [0, 0.05) is 29.6 Å². The summed E-state index contributed by atoms with van der Waals surface area (Å²) < 4.78 is 1.24. The Morgan fingerprint density at radius 3 is 2.72 bits per heavy atom. The molecule has 1 aliphatic rings. The van der Waals surface area contributed by atoms with Crippen LogP contribution in [0.2, 0.25) is 0 Å². The molecule has 2 nitrogen and oxygen atoms in total. The Labute approximate surface area is 119 Å². The van der Waals surface area contributed by atoms with Gasteiger partial charge in [-0.05, 0) is 47.3 Å². The summed E-state index contributed by atoms with van der Waals surface area (Å²) in [5.41, 5.74) is 2.92. The van der Waals surface area contributed by atoms with Crippen LogP contribution in [0.25, 0.3) is 0 Å². The normalized spacial score (nSPS) is 19.0. The molecule has 0 atom stereocenters. The molecule has 0 aromatic heterocycles. The molecule has 1 fully saturated rings. The largest absolute Gasteiger partial charge is 0.367 e. The first kappa shape index (κ1) is 13.9. The molecule has 1 aromatic rings. The highest BCUT2D eigenvalue weighted by atomic mass is 79.9. The topological polar surface area (TPSA) is 15.3 Å². The van der Waals surface area contributed by atoms with Gasteiger partial charge in [-0.3, -0.25) is 0 Å². The fourth-order valence-electron chi connectivity index (χ4n) is 2.76. The number of rotatable bonds is 3. The van der Waals surface area contributed by atoms with Gasteiger partial charge in [-0.25, -0.2) is 0 Å². The molecular weight excluding hydrogens is 288 g/mol. The van der Waals surface area contributed by atoms with Crippen molar-refractivity contribution < 1.29 is 0 Å². The number of hydrogen-bond donors (Lipinski definition) is 1. The first-order valence-electron chi connectivity index (χ1n) is 6.87. The third kappa shape index (κ3) is 2.57. The Hall–Kier alpha value is -0.540. The molecule has 1 N–H and O–H groups in total. The van der Waals surface area contributed by atoms with Gasteiger partial charge in [-0.15, -0.1) is 0 Å². The van der Waals surface area contributed by atoms with Crippen LogP contribution in [0.3, 0.4) is 0 Å². The molecule has 1 aromatic carbocycles. The average molecular weight is 311 g/mol. The Morgan fingerprint density at radius 2 is 2.06 bits per heavy atom. The number of halogens is 1. The van der Waals surface area contributed by atoms with Gasteiger partial charge in [0.15, 0.2) is 0 Å². The maximum absolute atomic E-state index is 3.74. The van der Waals surface area contributed by atoms with Gasteiger partial charge in [-0.2, -0.15) is 0 Å². The van der Waals surface area contributed by atoms with E-state index in [4.69, 9.17) is 0 Å². The lowest BCUT2D eigenvalue weighted by Gasteiger charge is -2.44. The predicted octanol–water partition coefficient (Wildman–Crippen LogP) is 3.73. The zero-order valence-electron chi connectivity index (χ0n) is 11.6. The molecule has 0 aliphatic carbocycles. The highest BCUT2D eigenvalue weighted by Crippen LogP contribution is 2.32. The van der Waals surface area contributed by atoms with Crippen molar-refractivity contribution in [2.45, 2.75) is 39.2 Å². The minimum atomic E-state index is 0.279. The van der Waals surface area contributed by atoms with E-state index in [0.717, 1.165) is 19.6 Å². The molecule has 2 rings (SSSR count). The van der Waals surface area contributed by atoms with Gasteiger partial charge >= 0.3 is 0 Å². The molecule has 1 saturated heterocycles. The Balaban J connectivity index is 2.26. The summed E-state index contributed by atoms with van der Waals surface area (Å²) >= 11 is 3.74. The van der Waals surface area contributed by atoms with Gasteiger partial charge in [0.05, 0.1) is 5.69 Å². The van der Waals surface area contributed by atoms with Crippen molar-refractivity contribution in [2.75, 3.05) is 24.5 Å². The molecule has 0 unspecified atom stereocenters. The summed E-state index contributed by atoms with van der Waals surface area (Å²) in [6.45, 7) is 9.98. The van der Waals surface area contributed by atoms with Crippen LogP contribution >= 0.6 is 15.9 Å². The second kappa shape index (κ2) is 5.62. The summed E-state index contributed by atoms with van der Waals surface area (Å²) in [4.78, 5) is 2.51. The van der Waals surface area contributed by atoms with Gasteiger partial charge in [-0.1, -0.05) is 26.0 Å². The highest BCUT2D eigenvalue weighted by molar-refractivity contribution is 9.10. The smallest absolute Gasteiger partial charge is 0.0514 e. The molecule has 3 heteroatoms. The van der Waals surface area contributed by atoms with Crippen LogP contribution in [0.5, 0.6) is 0 Å². The van der Waals surface area contributed by atoms with Crippen molar-refractivity contribution in [1.29, 1.82) is 0 Å². The van der Waals surface area contributed by atoms with E-state index in [0.29, 0.717) is 0 Å². The van der Waals surface area contributed by atoms with Crippen LogP contribution in [-0.2, 0) is 0 Å². The number of nitrogens with one attached hydrogen (secondary N) is 1. The average Bonchev–Trinajstić information content (AvgIpc) is 2.42. The molecule has 0 spiro atoms. The van der Waals surface area contributed by atoms with Gasteiger partial charge in [0.1, 0.15) is 0 Å². The van der Waals surface area contributed by atoms with E-state index in [9.17, 15) is 0 Å². The zero-order chi connectivity index (χ0) is 13.2. The van der Waals surface area contributed by atoms with Crippen LogP contribution < -0.4 is 10.2 Å². The second-order valence-corrected chi connectivity index (χ2v) is 6.04. The maximum atomic E-state index is 3.74. The summed E-state index contributed by atoms with van der Waals surface area (Å²) in [7, 11) is 0. The first-order chi connectivity index (χ1) is 8.62. The standard InChI is InChI=1S/C15H23BrN2/c1-4-15(5-2)11-18(10-9-17-15)13-8-6-7-12(3)14(13)16/h6-8,17H,4-5,9-11H2,1-3H3. The number of anilines is 1. The first-order valence-corrected chi connectivity index (χ1v) is 7.66. The third-order valence-electron chi connectivity index (χ3n) is 4.24. The molecule has 0 amide bonds. The lowest BCUT2D eigenvalue weighted by Crippen LogP contribution is -2.60. The van der Waals surface area contributed by atoms with Crippen LogP contribution in [0.1, 0.15) is 32.3 Å². The Morgan fingerprint density at radius 1 is 1.33 bits per heavy atom. The summed E-state index contributed by atoms with van der Waals surface area (Å²) in [6.07, 6.45) is 2.37. The van der Waals surface area contributed by atoms with Crippen molar-refractivity contribution in [3.8, 4) is 0 Å². The number of benzene rings is 1. The molecule has 0 saturated carbocycles. The Bertz CT molecular complexity index is 413. The zero-order valence-corrected chi connectivity index (χ0v) is 13.2. The van der Waals surface area contributed by atoms with Crippen molar-refractivity contribution in [1.82, 2.24) is 5.32 Å². The van der Waals surface area contributed by atoms with Crippen molar-refractivity contribution >= 4 is 21.6 Å². The lowest BCUT2D eigenvalue weighted by molar-refractivity contribution is 0.277. The van der Waals surface area contributed by atoms with Crippen LogP contribution in [0.15, 0.2) is 22.7 Å². The number of nitrogens with zero attached hydrogens (tertiary/aromatic N) is 1. The number of hydrogen-bond acceptors (Lipinski definition) is 2. The SMILES string of the molecule is CCC1(CC)CN(c2cccc(C)c2Br)CCN1. The van der Waals surface area contributed by atoms with E-state index in [1.54, 1.807) is 0 Å². The molecule has 0 radical (unpaired) electrons. The minimum absolute atomic E-state index is 0.279. The molecule has 1 aliphatic heterocycles. The fourth-order valence-corrected chi connectivity index (χ4v) is 3.28. The van der Waals surface area contributed by atoms with Crippen molar-refractivity contribution in [3.05, 3.63) is 28.2 Å². The summed E-state index contributed by atoms with van der Waals surface area (Å²) in [5, 5.41) is 3.71. The third-order valence-corrected chi connectivity index (χ3v) is 5.27. The fraction of sp³-hybridized carbons (Fsp3) is 0.600. The van der Waals surface area contributed by atoms with E-state index < -0.39 is 0 Å². The van der Waals surface area contributed by atoms with E-state index in [-0.39, 0.29) is 5.54 Å². The number of aryl methyl sites for hydroxylation is 1. The van der Waals surface area contributed by atoms with E-state index in [2.05, 4.69) is 65.1 Å². The van der Waals surface area contributed by atoms with Crippen LogP contribution in [0.4, 0.5) is 5.69 Å². The monoisotopic (exact) mass is 310 g/mol. The van der Waals surface area contributed by atoms with Crippen molar-refractivity contribution in [2.24, 2.45) is 0 Å². The second-order valence-electron chi connectivity index (χ2n) is 5.24. The van der Waals surface area contributed by atoms with Gasteiger partial charge < -0.3 is 10.2 Å².